The normalized spacial score (nSPS) is 17.0. The van der Waals surface area contributed by atoms with E-state index in [0.717, 1.165) is 42.0 Å². The number of aromatic nitrogens is 1. The van der Waals surface area contributed by atoms with E-state index in [-0.39, 0.29) is 11.8 Å². The number of carbonyl (C=O) groups excluding carboxylic acids is 1. The summed E-state index contributed by atoms with van der Waals surface area (Å²) < 4.78 is 11.4. The highest BCUT2D eigenvalue weighted by Crippen LogP contribution is 2.32. The minimum Gasteiger partial charge on any atom is -0.486 e. The molecule has 1 atom stereocenters. The predicted molar refractivity (Wildman–Crippen MR) is 118 cm³/mol. The molecule has 1 aliphatic carbocycles. The second kappa shape index (κ2) is 8.80. The van der Waals surface area contributed by atoms with Crippen LogP contribution in [0.2, 0.25) is 0 Å². The van der Waals surface area contributed by atoms with E-state index in [1.165, 1.54) is 11.1 Å². The molecule has 5 nitrogen and oxygen atoms in total. The number of carbonyl (C=O) groups is 1. The molecule has 0 spiro atoms. The fourth-order valence-electron chi connectivity index (χ4n) is 4.47. The summed E-state index contributed by atoms with van der Waals surface area (Å²) >= 11 is 0. The molecule has 1 amide bonds. The fraction of sp³-hybridized carbons (Fsp3) is 0.308. The van der Waals surface area contributed by atoms with E-state index in [4.69, 9.17) is 9.47 Å². The highest BCUT2D eigenvalue weighted by molar-refractivity contribution is 5.79. The largest absolute Gasteiger partial charge is 0.486 e. The van der Waals surface area contributed by atoms with Crippen molar-refractivity contribution >= 4 is 5.91 Å². The highest BCUT2D eigenvalue weighted by Gasteiger charge is 2.29. The number of hydrogen-bond donors (Lipinski definition) is 0. The lowest BCUT2D eigenvalue weighted by atomic mass is 9.83. The Labute approximate surface area is 182 Å². The van der Waals surface area contributed by atoms with E-state index in [1.54, 1.807) is 6.20 Å². The van der Waals surface area contributed by atoms with Crippen LogP contribution in [0.15, 0.2) is 66.9 Å². The van der Waals surface area contributed by atoms with Gasteiger partial charge >= 0.3 is 0 Å². The van der Waals surface area contributed by atoms with Crippen LogP contribution < -0.4 is 9.47 Å². The summed E-state index contributed by atoms with van der Waals surface area (Å²) in [5.74, 6) is 1.70. The molecule has 2 aromatic carbocycles. The van der Waals surface area contributed by atoms with Crippen LogP contribution in [-0.4, -0.2) is 29.0 Å². The van der Waals surface area contributed by atoms with Gasteiger partial charge < -0.3 is 14.4 Å². The molecule has 1 aromatic heterocycles. The standard InChI is InChI=1S/C26H26N2O3/c29-26(22-10-9-20-5-1-2-6-21(20)16-22)28(18-23-7-3-4-12-27-23)17-19-8-11-24-25(15-19)31-14-13-30-24/h1-8,11-12,15,22H,9-10,13-14,16-18H2/t22-/m0/s1. The average Bonchev–Trinajstić information content (AvgIpc) is 2.83. The Bertz CT molecular complexity index is 1070. The monoisotopic (exact) mass is 414 g/mol. The van der Waals surface area contributed by atoms with Crippen molar-refractivity contribution < 1.29 is 14.3 Å². The number of ether oxygens (including phenoxy) is 2. The van der Waals surface area contributed by atoms with Gasteiger partial charge in [0.2, 0.25) is 5.91 Å². The summed E-state index contributed by atoms with van der Waals surface area (Å²) in [6, 6.07) is 20.2. The first-order chi connectivity index (χ1) is 15.3. The van der Waals surface area contributed by atoms with Gasteiger partial charge in [-0.05, 0) is 60.2 Å². The maximum Gasteiger partial charge on any atom is 0.226 e. The van der Waals surface area contributed by atoms with E-state index in [0.29, 0.717) is 26.3 Å². The maximum absolute atomic E-state index is 13.6. The van der Waals surface area contributed by atoms with Crippen molar-refractivity contribution in [3.05, 3.63) is 89.2 Å². The molecule has 158 valence electrons. The maximum atomic E-state index is 13.6. The summed E-state index contributed by atoms with van der Waals surface area (Å²) in [4.78, 5) is 20.0. The van der Waals surface area contributed by atoms with Gasteiger partial charge in [-0.2, -0.15) is 0 Å². The molecule has 5 rings (SSSR count). The minimum atomic E-state index is -0.00387. The van der Waals surface area contributed by atoms with Gasteiger partial charge in [-0.25, -0.2) is 0 Å². The second-order valence-corrected chi connectivity index (χ2v) is 8.20. The molecule has 5 heteroatoms. The number of amides is 1. The van der Waals surface area contributed by atoms with Gasteiger partial charge in [-0.1, -0.05) is 36.4 Å². The third-order valence-electron chi connectivity index (χ3n) is 6.07. The van der Waals surface area contributed by atoms with Crippen LogP contribution >= 0.6 is 0 Å². The topological polar surface area (TPSA) is 51.7 Å². The minimum absolute atomic E-state index is 0.00387. The van der Waals surface area contributed by atoms with Crippen molar-refractivity contribution in [1.29, 1.82) is 0 Å². The zero-order valence-electron chi connectivity index (χ0n) is 17.5. The molecule has 0 bridgehead atoms. The molecule has 0 radical (unpaired) electrons. The first-order valence-electron chi connectivity index (χ1n) is 10.9. The molecule has 2 heterocycles. The van der Waals surface area contributed by atoms with Crippen molar-refractivity contribution in [3.63, 3.8) is 0 Å². The molecular formula is C26H26N2O3. The molecule has 0 saturated carbocycles. The van der Waals surface area contributed by atoms with Crippen LogP contribution in [0, 0.1) is 5.92 Å². The van der Waals surface area contributed by atoms with Crippen molar-refractivity contribution in [3.8, 4) is 11.5 Å². The lowest BCUT2D eigenvalue weighted by molar-refractivity contribution is -0.137. The van der Waals surface area contributed by atoms with Crippen molar-refractivity contribution in [1.82, 2.24) is 9.88 Å². The molecule has 0 unspecified atom stereocenters. The summed E-state index contributed by atoms with van der Waals surface area (Å²) in [5, 5.41) is 0. The van der Waals surface area contributed by atoms with Crippen LogP contribution in [0.4, 0.5) is 0 Å². The van der Waals surface area contributed by atoms with E-state index >= 15 is 0 Å². The van der Waals surface area contributed by atoms with Gasteiger partial charge in [0, 0.05) is 18.7 Å². The van der Waals surface area contributed by atoms with Crippen LogP contribution in [0.1, 0.15) is 28.8 Å². The Morgan fingerprint density at radius 3 is 2.58 bits per heavy atom. The van der Waals surface area contributed by atoms with Crippen LogP contribution in [0.3, 0.4) is 0 Å². The van der Waals surface area contributed by atoms with Crippen LogP contribution in [-0.2, 0) is 30.7 Å². The average molecular weight is 415 g/mol. The molecular weight excluding hydrogens is 388 g/mol. The van der Waals surface area contributed by atoms with Gasteiger partial charge in [0.15, 0.2) is 11.5 Å². The quantitative estimate of drug-likeness (QED) is 0.628. The first kappa shape index (κ1) is 19.6. The van der Waals surface area contributed by atoms with E-state index < -0.39 is 0 Å². The lowest BCUT2D eigenvalue weighted by Gasteiger charge is -2.30. The zero-order chi connectivity index (χ0) is 21.0. The molecule has 2 aliphatic rings. The Hall–Kier alpha value is -3.34. The SMILES string of the molecule is O=C([C@H]1CCc2ccccc2C1)N(Cc1ccc2c(c1)OCCO2)Cc1ccccn1. The number of benzene rings is 2. The van der Waals surface area contributed by atoms with E-state index in [1.807, 2.05) is 41.3 Å². The van der Waals surface area contributed by atoms with Crippen LogP contribution in [0.25, 0.3) is 0 Å². The molecule has 0 fully saturated rings. The van der Waals surface area contributed by atoms with Crippen LogP contribution in [0.5, 0.6) is 11.5 Å². The fourth-order valence-corrected chi connectivity index (χ4v) is 4.47. The Morgan fingerprint density at radius 2 is 1.74 bits per heavy atom. The Kier molecular flexibility index (Phi) is 5.57. The molecule has 0 saturated heterocycles. The summed E-state index contributed by atoms with van der Waals surface area (Å²) in [6.07, 6.45) is 4.41. The van der Waals surface area contributed by atoms with Gasteiger partial charge in [0.25, 0.3) is 0 Å². The Balaban J connectivity index is 1.38. The molecule has 3 aromatic rings. The number of nitrogens with zero attached hydrogens (tertiary/aromatic N) is 2. The number of rotatable bonds is 5. The third-order valence-corrected chi connectivity index (χ3v) is 6.07. The molecule has 31 heavy (non-hydrogen) atoms. The van der Waals surface area contributed by atoms with Crippen molar-refractivity contribution in [2.24, 2.45) is 5.92 Å². The summed E-state index contributed by atoms with van der Waals surface area (Å²) in [5.41, 5.74) is 4.59. The summed E-state index contributed by atoms with van der Waals surface area (Å²) in [7, 11) is 0. The number of aryl methyl sites for hydroxylation is 1. The molecule has 0 N–H and O–H groups in total. The number of fused-ring (bicyclic) bond motifs is 2. The van der Waals surface area contributed by atoms with Crippen molar-refractivity contribution in [2.75, 3.05) is 13.2 Å². The lowest BCUT2D eigenvalue weighted by Crippen LogP contribution is -2.38. The second-order valence-electron chi connectivity index (χ2n) is 8.20. The third kappa shape index (κ3) is 4.41. The number of pyridine rings is 1. The zero-order valence-corrected chi connectivity index (χ0v) is 17.5. The number of hydrogen-bond acceptors (Lipinski definition) is 4. The van der Waals surface area contributed by atoms with Gasteiger partial charge in [-0.3, -0.25) is 9.78 Å². The highest BCUT2D eigenvalue weighted by atomic mass is 16.6. The Morgan fingerprint density at radius 1 is 0.935 bits per heavy atom. The van der Waals surface area contributed by atoms with Gasteiger partial charge in [0.05, 0.1) is 12.2 Å². The first-order valence-corrected chi connectivity index (χ1v) is 10.9. The van der Waals surface area contributed by atoms with E-state index in [2.05, 4.69) is 29.2 Å². The summed E-state index contributed by atoms with van der Waals surface area (Å²) in [6.45, 7) is 2.13. The smallest absolute Gasteiger partial charge is 0.226 e. The van der Waals surface area contributed by atoms with Crippen molar-refractivity contribution in [2.45, 2.75) is 32.4 Å². The van der Waals surface area contributed by atoms with Gasteiger partial charge in [0.1, 0.15) is 13.2 Å². The predicted octanol–water partition coefficient (Wildman–Crippen LogP) is 4.19. The van der Waals surface area contributed by atoms with Gasteiger partial charge in [-0.15, -0.1) is 0 Å². The van der Waals surface area contributed by atoms with E-state index in [9.17, 15) is 4.79 Å². The molecule has 1 aliphatic heterocycles.